The first-order valence-electron chi connectivity index (χ1n) is 10.8. The molecule has 5 rings (SSSR count). The van der Waals surface area contributed by atoms with E-state index in [9.17, 15) is 0 Å². The molecule has 3 heteroatoms. The normalized spacial score (nSPS) is 13.0. The quantitative estimate of drug-likeness (QED) is 0.286. The minimum atomic E-state index is 0.346. The third kappa shape index (κ3) is 3.18. The number of fused-ring (bicyclic) bond motifs is 4. The van der Waals surface area contributed by atoms with Crippen molar-refractivity contribution in [1.29, 1.82) is 0 Å². The van der Waals surface area contributed by atoms with Gasteiger partial charge in [0.2, 0.25) is 0 Å². The van der Waals surface area contributed by atoms with Crippen LogP contribution in [-0.2, 0) is 0 Å². The van der Waals surface area contributed by atoms with Gasteiger partial charge in [0.25, 0.3) is 0 Å². The number of anilines is 2. The molecule has 0 aliphatic rings. The van der Waals surface area contributed by atoms with Crippen LogP contribution in [0.3, 0.4) is 0 Å². The Morgan fingerprint density at radius 1 is 0.833 bits per heavy atom. The second-order valence-electron chi connectivity index (χ2n) is 8.45. The zero-order chi connectivity index (χ0) is 20.8. The van der Waals surface area contributed by atoms with Crippen molar-refractivity contribution >= 4 is 53.9 Å². The molecule has 2 aromatic heterocycles. The van der Waals surface area contributed by atoms with Gasteiger partial charge in [-0.1, -0.05) is 32.0 Å². The van der Waals surface area contributed by atoms with E-state index in [1.165, 1.54) is 43.5 Å². The molecule has 0 aliphatic heterocycles. The number of rotatable bonds is 5. The molecule has 5 aromatic rings. The minimum Gasteiger partial charge on any atom is -0.464 e. The Hall–Kier alpha value is -2.78. The Bertz CT molecular complexity index is 1340. The van der Waals surface area contributed by atoms with Crippen LogP contribution < -0.4 is 4.90 Å². The standard InChI is InChI=1S/C27H27NOS/c1-5-18(4)19-6-9-23-24-10-7-22(16-27(24)30-26(23)15-19)28(17(2)3)21-8-11-25-20(14-21)12-13-29-25/h6-18H,5H2,1-4H3. The van der Waals surface area contributed by atoms with Crippen molar-refractivity contribution in [2.24, 2.45) is 0 Å². The Balaban J connectivity index is 1.61. The topological polar surface area (TPSA) is 16.4 Å². The third-order valence-electron chi connectivity index (χ3n) is 6.17. The number of thiophene rings is 1. The molecule has 0 N–H and O–H groups in total. The molecule has 1 atom stereocenters. The smallest absolute Gasteiger partial charge is 0.133 e. The zero-order valence-electron chi connectivity index (χ0n) is 18.0. The molecule has 30 heavy (non-hydrogen) atoms. The second-order valence-corrected chi connectivity index (χ2v) is 9.54. The summed E-state index contributed by atoms with van der Waals surface area (Å²) in [5.74, 6) is 0.601. The van der Waals surface area contributed by atoms with Crippen molar-refractivity contribution in [3.8, 4) is 0 Å². The van der Waals surface area contributed by atoms with Crippen LogP contribution in [0.25, 0.3) is 31.1 Å². The van der Waals surface area contributed by atoms with Crippen molar-refractivity contribution < 1.29 is 4.42 Å². The van der Waals surface area contributed by atoms with Crippen LogP contribution >= 0.6 is 11.3 Å². The summed E-state index contributed by atoms with van der Waals surface area (Å²) in [4.78, 5) is 2.40. The molecule has 1 unspecified atom stereocenters. The molecular weight excluding hydrogens is 386 g/mol. The molecule has 152 valence electrons. The van der Waals surface area contributed by atoms with Gasteiger partial charge in [0.05, 0.1) is 6.26 Å². The highest BCUT2D eigenvalue weighted by molar-refractivity contribution is 7.25. The zero-order valence-corrected chi connectivity index (χ0v) is 18.8. The molecular formula is C27H27NOS. The number of furan rings is 1. The average molecular weight is 414 g/mol. The maximum absolute atomic E-state index is 5.53. The summed E-state index contributed by atoms with van der Waals surface area (Å²) < 4.78 is 8.26. The molecule has 0 aliphatic carbocycles. The van der Waals surface area contributed by atoms with Crippen molar-refractivity contribution in [2.45, 2.75) is 46.1 Å². The Morgan fingerprint density at radius 2 is 1.53 bits per heavy atom. The molecule has 0 bridgehead atoms. The van der Waals surface area contributed by atoms with Crippen LogP contribution in [0.4, 0.5) is 11.4 Å². The first-order valence-corrected chi connectivity index (χ1v) is 11.6. The van der Waals surface area contributed by atoms with Gasteiger partial charge in [0, 0.05) is 43.0 Å². The van der Waals surface area contributed by atoms with E-state index in [2.05, 4.69) is 87.2 Å². The predicted molar refractivity (Wildman–Crippen MR) is 132 cm³/mol. The lowest BCUT2D eigenvalue weighted by Crippen LogP contribution is -2.25. The largest absolute Gasteiger partial charge is 0.464 e. The van der Waals surface area contributed by atoms with Crippen LogP contribution in [0, 0.1) is 0 Å². The van der Waals surface area contributed by atoms with Crippen molar-refractivity contribution in [3.05, 3.63) is 72.5 Å². The monoisotopic (exact) mass is 413 g/mol. The lowest BCUT2D eigenvalue weighted by molar-refractivity contribution is 0.616. The van der Waals surface area contributed by atoms with Gasteiger partial charge < -0.3 is 9.32 Å². The van der Waals surface area contributed by atoms with Gasteiger partial charge in [-0.15, -0.1) is 11.3 Å². The van der Waals surface area contributed by atoms with E-state index >= 15 is 0 Å². The molecule has 0 radical (unpaired) electrons. The van der Waals surface area contributed by atoms with Crippen LogP contribution in [0.15, 0.2) is 71.3 Å². The van der Waals surface area contributed by atoms with Crippen molar-refractivity contribution in [3.63, 3.8) is 0 Å². The maximum atomic E-state index is 5.53. The lowest BCUT2D eigenvalue weighted by Gasteiger charge is -2.29. The van der Waals surface area contributed by atoms with E-state index in [1.54, 1.807) is 6.26 Å². The first-order chi connectivity index (χ1) is 14.5. The molecule has 0 spiro atoms. The molecule has 0 saturated carbocycles. The predicted octanol–water partition coefficient (Wildman–Crippen LogP) is 8.86. The average Bonchev–Trinajstić information content (AvgIpc) is 3.35. The van der Waals surface area contributed by atoms with Gasteiger partial charge >= 0.3 is 0 Å². The van der Waals surface area contributed by atoms with E-state index in [0.29, 0.717) is 12.0 Å². The maximum Gasteiger partial charge on any atom is 0.133 e. The Labute approximate surface area is 181 Å². The third-order valence-corrected chi connectivity index (χ3v) is 7.29. The van der Waals surface area contributed by atoms with E-state index in [-0.39, 0.29) is 0 Å². The highest BCUT2D eigenvalue weighted by Gasteiger charge is 2.16. The van der Waals surface area contributed by atoms with Gasteiger partial charge in [0.15, 0.2) is 0 Å². The summed E-state index contributed by atoms with van der Waals surface area (Å²) in [6.45, 7) is 9.05. The van der Waals surface area contributed by atoms with Gasteiger partial charge in [-0.25, -0.2) is 0 Å². The van der Waals surface area contributed by atoms with Gasteiger partial charge in [-0.3, -0.25) is 0 Å². The van der Waals surface area contributed by atoms with Crippen LogP contribution in [0.5, 0.6) is 0 Å². The number of benzene rings is 3. The summed E-state index contributed by atoms with van der Waals surface area (Å²) in [6, 6.07) is 22.7. The molecule has 0 fully saturated rings. The molecule has 3 aromatic carbocycles. The number of hydrogen-bond acceptors (Lipinski definition) is 3. The SMILES string of the molecule is CCC(C)c1ccc2c(c1)sc1cc(N(c3ccc4occc4c3)C(C)C)ccc12. The van der Waals surface area contributed by atoms with Crippen LogP contribution in [-0.4, -0.2) is 6.04 Å². The molecule has 2 nitrogen and oxygen atoms in total. The fourth-order valence-corrected chi connectivity index (χ4v) is 5.51. The summed E-state index contributed by atoms with van der Waals surface area (Å²) in [5.41, 5.74) is 4.79. The Kier molecular flexibility index (Phi) is 4.79. The Morgan fingerprint density at radius 3 is 2.30 bits per heavy atom. The van der Waals surface area contributed by atoms with E-state index in [0.717, 1.165) is 11.0 Å². The fraction of sp³-hybridized carbons (Fsp3) is 0.259. The summed E-state index contributed by atoms with van der Waals surface area (Å²) >= 11 is 1.90. The molecule has 0 amide bonds. The van der Waals surface area contributed by atoms with Gasteiger partial charge in [0.1, 0.15) is 5.58 Å². The summed E-state index contributed by atoms with van der Waals surface area (Å²) in [6.07, 6.45) is 2.93. The second kappa shape index (κ2) is 7.48. The van der Waals surface area contributed by atoms with Crippen LogP contribution in [0.2, 0.25) is 0 Å². The highest BCUT2D eigenvalue weighted by atomic mass is 32.1. The number of nitrogens with zero attached hydrogens (tertiary/aromatic N) is 1. The van der Waals surface area contributed by atoms with Gasteiger partial charge in [-0.2, -0.15) is 0 Å². The molecule has 0 saturated heterocycles. The minimum absolute atomic E-state index is 0.346. The lowest BCUT2D eigenvalue weighted by atomic mass is 9.97. The fourth-order valence-electron chi connectivity index (χ4n) is 4.32. The summed E-state index contributed by atoms with van der Waals surface area (Å²) in [7, 11) is 0. The van der Waals surface area contributed by atoms with Crippen molar-refractivity contribution in [2.75, 3.05) is 4.90 Å². The van der Waals surface area contributed by atoms with E-state index in [4.69, 9.17) is 4.42 Å². The highest BCUT2D eigenvalue weighted by Crippen LogP contribution is 2.39. The van der Waals surface area contributed by atoms with E-state index < -0.39 is 0 Å². The van der Waals surface area contributed by atoms with E-state index in [1.807, 2.05) is 17.4 Å². The van der Waals surface area contributed by atoms with Crippen molar-refractivity contribution in [1.82, 2.24) is 0 Å². The van der Waals surface area contributed by atoms with Crippen LogP contribution in [0.1, 0.15) is 45.6 Å². The molecule has 2 heterocycles. The number of hydrogen-bond donors (Lipinski definition) is 0. The summed E-state index contributed by atoms with van der Waals surface area (Å²) in [5, 5.41) is 3.85. The van der Waals surface area contributed by atoms with Gasteiger partial charge in [-0.05, 0) is 74.2 Å². The first kappa shape index (κ1) is 19.2.